The van der Waals surface area contributed by atoms with Crippen LogP contribution in [-0.4, -0.2) is 19.3 Å². The monoisotopic (exact) mass is 414 g/mol. The van der Waals surface area contributed by atoms with E-state index < -0.39 is 6.10 Å². The quantitative estimate of drug-likeness (QED) is 0.791. The van der Waals surface area contributed by atoms with Crippen molar-refractivity contribution in [2.75, 3.05) is 14.2 Å². The molecule has 2 aromatic carbocycles. The first-order chi connectivity index (χ1) is 9.99. The molecule has 0 heterocycles. The van der Waals surface area contributed by atoms with Gasteiger partial charge in [0, 0.05) is 10.0 Å². The number of methoxy groups -OCH3 is 2. The van der Waals surface area contributed by atoms with E-state index in [1.54, 1.807) is 26.4 Å². The van der Waals surface area contributed by atoms with Crippen LogP contribution in [0.25, 0.3) is 0 Å². The lowest BCUT2D eigenvalue weighted by molar-refractivity contribution is 0.213. The molecule has 0 saturated carbocycles. The van der Waals surface area contributed by atoms with E-state index in [9.17, 15) is 5.11 Å². The van der Waals surface area contributed by atoms with Crippen LogP contribution in [0.5, 0.6) is 11.5 Å². The number of aliphatic hydroxyl groups excluding tert-OH is 1. The van der Waals surface area contributed by atoms with Gasteiger partial charge in [-0.1, -0.05) is 34.1 Å². The zero-order valence-electron chi connectivity index (χ0n) is 12.0. The Hall–Kier alpha value is -1.04. The summed E-state index contributed by atoms with van der Waals surface area (Å²) in [7, 11) is 3.17. The molecule has 3 nitrogen and oxygen atoms in total. The molecule has 0 saturated heterocycles. The van der Waals surface area contributed by atoms with E-state index in [0.717, 1.165) is 20.1 Å². The first-order valence-electron chi connectivity index (χ1n) is 6.34. The molecule has 0 aromatic heterocycles. The predicted molar refractivity (Wildman–Crippen MR) is 90.2 cm³/mol. The smallest absolute Gasteiger partial charge is 0.133 e. The van der Waals surface area contributed by atoms with Gasteiger partial charge in [-0.15, -0.1) is 0 Å². The van der Waals surface area contributed by atoms with Gasteiger partial charge in [0.05, 0.1) is 18.7 Å². The third-order valence-electron chi connectivity index (χ3n) is 3.31. The van der Waals surface area contributed by atoms with E-state index in [1.807, 2.05) is 25.1 Å². The van der Waals surface area contributed by atoms with Crippen molar-refractivity contribution < 1.29 is 14.6 Å². The molecule has 0 bridgehead atoms. The number of hydrogen-bond donors (Lipinski definition) is 1. The van der Waals surface area contributed by atoms with Crippen LogP contribution >= 0.6 is 31.9 Å². The largest absolute Gasteiger partial charge is 0.496 e. The Kier molecular flexibility index (Phi) is 5.30. The lowest BCUT2D eigenvalue weighted by atomic mass is 9.99. The molecule has 1 N–H and O–H groups in total. The summed E-state index contributed by atoms with van der Waals surface area (Å²) < 4.78 is 12.3. The summed E-state index contributed by atoms with van der Waals surface area (Å²) in [5, 5.41) is 10.7. The first kappa shape index (κ1) is 16.3. The molecule has 0 fully saturated rings. The lowest BCUT2D eigenvalue weighted by Crippen LogP contribution is -2.05. The Bertz CT molecular complexity index is 656. The number of aryl methyl sites for hydroxylation is 1. The molecule has 0 aliphatic heterocycles. The molecule has 112 valence electrons. The minimum absolute atomic E-state index is 0.601. The molecule has 1 unspecified atom stereocenters. The third kappa shape index (κ3) is 3.25. The highest BCUT2D eigenvalue weighted by Gasteiger charge is 2.20. The zero-order valence-corrected chi connectivity index (χ0v) is 15.2. The molecule has 0 spiro atoms. The summed E-state index contributed by atoms with van der Waals surface area (Å²) in [6.45, 7) is 1.99. The molecular weight excluding hydrogens is 400 g/mol. The van der Waals surface area contributed by atoms with Gasteiger partial charge in [0.1, 0.15) is 17.6 Å². The van der Waals surface area contributed by atoms with Crippen molar-refractivity contribution in [2.24, 2.45) is 0 Å². The van der Waals surface area contributed by atoms with Crippen LogP contribution in [0.1, 0.15) is 22.8 Å². The van der Waals surface area contributed by atoms with E-state index in [1.165, 1.54) is 0 Å². The number of halogens is 2. The molecule has 21 heavy (non-hydrogen) atoms. The molecule has 0 radical (unpaired) electrons. The average molecular weight is 416 g/mol. The summed E-state index contributed by atoms with van der Waals surface area (Å²) in [4.78, 5) is 0. The highest BCUT2D eigenvalue weighted by molar-refractivity contribution is 9.10. The Balaban J connectivity index is 2.56. The summed E-state index contributed by atoms with van der Waals surface area (Å²) >= 11 is 6.95. The fourth-order valence-electron chi connectivity index (χ4n) is 2.15. The maximum absolute atomic E-state index is 10.7. The van der Waals surface area contributed by atoms with Crippen LogP contribution in [0.4, 0.5) is 0 Å². The van der Waals surface area contributed by atoms with E-state index in [4.69, 9.17) is 9.47 Å². The van der Waals surface area contributed by atoms with Crippen LogP contribution < -0.4 is 9.47 Å². The fraction of sp³-hybridized carbons (Fsp3) is 0.250. The van der Waals surface area contributed by atoms with Crippen LogP contribution in [0.3, 0.4) is 0 Å². The van der Waals surface area contributed by atoms with Crippen molar-refractivity contribution in [3.8, 4) is 11.5 Å². The van der Waals surface area contributed by atoms with Crippen molar-refractivity contribution in [3.05, 3.63) is 56.0 Å². The number of hydrogen-bond acceptors (Lipinski definition) is 3. The van der Waals surface area contributed by atoms with Crippen molar-refractivity contribution in [1.29, 1.82) is 0 Å². The van der Waals surface area contributed by atoms with Gasteiger partial charge < -0.3 is 14.6 Å². The Labute approximate surface area is 141 Å². The van der Waals surface area contributed by atoms with Crippen molar-refractivity contribution in [1.82, 2.24) is 0 Å². The van der Waals surface area contributed by atoms with Crippen LogP contribution in [0, 0.1) is 6.92 Å². The molecule has 0 aliphatic rings. The lowest BCUT2D eigenvalue weighted by Gasteiger charge is -2.19. The maximum Gasteiger partial charge on any atom is 0.133 e. The van der Waals surface area contributed by atoms with Crippen molar-refractivity contribution >= 4 is 31.9 Å². The Morgan fingerprint density at radius 2 is 1.67 bits per heavy atom. The van der Waals surface area contributed by atoms with Gasteiger partial charge in [-0.05, 0) is 46.1 Å². The average Bonchev–Trinajstić information content (AvgIpc) is 2.49. The van der Waals surface area contributed by atoms with Gasteiger partial charge in [-0.3, -0.25) is 0 Å². The minimum atomic E-state index is -0.809. The fourth-order valence-corrected chi connectivity index (χ4v) is 3.11. The summed E-state index contributed by atoms with van der Waals surface area (Å²) in [6.07, 6.45) is -0.809. The first-order valence-corrected chi connectivity index (χ1v) is 7.92. The van der Waals surface area contributed by atoms with Gasteiger partial charge in [0.2, 0.25) is 0 Å². The normalized spacial score (nSPS) is 12.1. The standard InChI is InChI=1S/C16H16Br2O3/c1-9-5-4-6-10(15(9)18)16(19)11-7-14(21-3)12(17)8-13(11)20-2/h4-8,16,19H,1-3H3. The Morgan fingerprint density at radius 1 is 1.00 bits per heavy atom. The minimum Gasteiger partial charge on any atom is -0.496 e. The van der Waals surface area contributed by atoms with E-state index in [-0.39, 0.29) is 0 Å². The Morgan fingerprint density at radius 3 is 2.29 bits per heavy atom. The molecule has 0 amide bonds. The van der Waals surface area contributed by atoms with Crippen LogP contribution in [0.2, 0.25) is 0 Å². The van der Waals surface area contributed by atoms with Crippen LogP contribution in [-0.2, 0) is 0 Å². The van der Waals surface area contributed by atoms with Gasteiger partial charge in [0.15, 0.2) is 0 Å². The van der Waals surface area contributed by atoms with E-state index >= 15 is 0 Å². The maximum atomic E-state index is 10.7. The summed E-state index contributed by atoms with van der Waals surface area (Å²) in [6, 6.07) is 9.36. The third-order valence-corrected chi connectivity index (χ3v) is 5.02. The number of benzene rings is 2. The van der Waals surface area contributed by atoms with E-state index in [2.05, 4.69) is 31.9 Å². The highest BCUT2D eigenvalue weighted by Crippen LogP contribution is 2.39. The predicted octanol–water partition coefficient (Wildman–Crippen LogP) is 4.62. The van der Waals surface area contributed by atoms with Gasteiger partial charge >= 0.3 is 0 Å². The van der Waals surface area contributed by atoms with Crippen molar-refractivity contribution in [2.45, 2.75) is 13.0 Å². The van der Waals surface area contributed by atoms with Gasteiger partial charge in [-0.25, -0.2) is 0 Å². The molecule has 2 aromatic rings. The second-order valence-corrected chi connectivity index (χ2v) is 6.26. The summed E-state index contributed by atoms with van der Waals surface area (Å²) in [5.41, 5.74) is 2.51. The SMILES string of the molecule is COc1cc(C(O)c2cccc(C)c2Br)c(OC)cc1Br. The topological polar surface area (TPSA) is 38.7 Å². The summed E-state index contributed by atoms with van der Waals surface area (Å²) in [5.74, 6) is 1.25. The molecule has 0 aliphatic carbocycles. The van der Waals surface area contributed by atoms with Crippen molar-refractivity contribution in [3.63, 3.8) is 0 Å². The zero-order chi connectivity index (χ0) is 15.6. The van der Waals surface area contributed by atoms with Crippen LogP contribution in [0.15, 0.2) is 39.3 Å². The number of ether oxygens (including phenoxy) is 2. The molecule has 5 heteroatoms. The number of rotatable bonds is 4. The van der Waals surface area contributed by atoms with E-state index in [0.29, 0.717) is 17.1 Å². The second kappa shape index (κ2) is 6.81. The highest BCUT2D eigenvalue weighted by atomic mass is 79.9. The molecular formula is C16H16Br2O3. The second-order valence-electron chi connectivity index (χ2n) is 4.61. The van der Waals surface area contributed by atoms with Gasteiger partial charge in [-0.2, -0.15) is 0 Å². The van der Waals surface area contributed by atoms with Gasteiger partial charge in [0.25, 0.3) is 0 Å². The number of aliphatic hydroxyl groups is 1. The molecule has 1 atom stereocenters. The molecule has 2 rings (SSSR count).